The highest BCUT2D eigenvalue weighted by Crippen LogP contribution is 2.23. The fraction of sp³-hybridized carbons (Fsp3) is 0.455. The van der Waals surface area contributed by atoms with E-state index >= 15 is 0 Å². The molecule has 1 aliphatic rings. The van der Waals surface area contributed by atoms with E-state index in [9.17, 15) is 13.2 Å². The molecule has 1 saturated heterocycles. The molecule has 0 aliphatic carbocycles. The van der Waals surface area contributed by atoms with Gasteiger partial charge < -0.3 is 5.32 Å². The van der Waals surface area contributed by atoms with Gasteiger partial charge in [-0.2, -0.15) is 0 Å². The lowest BCUT2D eigenvalue weighted by Gasteiger charge is -2.10. The van der Waals surface area contributed by atoms with Gasteiger partial charge in [-0.15, -0.1) is 0 Å². The van der Waals surface area contributed by atoms with E-state index in [0.717, 1.165) is 0 Å². The van der Waals surface area contributed by atoms with Gasteiger partial charge in [0, 0.05) is 12.2 Å². The molecule has 0 aromatic carbocycles. The number of sulfone groups is 1. The lowest BCUT2D eigenvalue weighted by atomic mass is 10.3. The van der Waals surface area contributed by atoms with Crippen LogP contribution in [0.25, 0.3) is 0 Å². The first-order chi connectivity index (χ1) is 8.96. The second-order valence-electron chi connectivity index (χ2n) is 4.25. The van der Waals surface area contributed by atoms with Crippen molar-refractivity contribution in [1.29, 1.82) is 0 Å². The van der Waals surface area contributed by atoms with Crippen LogP contribution < -0.4 is 5.32 Å². The molecule has 1 aromatic rings. The number of hydrogen-bond donors (Lipinski definition) is 1. The minimum Gasteiger partial charge on any atom is -0.352 e. The van der Waals surface area contributed by atoms with Crippen LogP contribution in [-0.4, -0.2) is 42.6 Å². The molecule has 2 heterocycles. The molecule has 1 fully saturated rings. The molecule has 19 heavy (non-hydrogen) atoms. The van der Waals surface area contributed by atoms with E-state index in [-0.39, 0.29) is 29.2 Å². The highest BCUT2D eigenvalue weighted by molar-refractivity contribution is 8.00. The van der Waals surface area contributed by atoms with Gasteiger partial charge in [-0.1, -0.05) is 23.4 Å². The highest BCUT2D eigenvalue weighted by Gasteiger charge is 2.28. The van der Waals surface area contributed by atoms with E-state index < -0.39 is 9.84 Å². The molecule has 2 rings (SSSR count). The standard InChI is InChI=1S/C11H13ClN2O3S2/c12-9-2-1-4-13-11(9)18-6-10(15)14-8-3-5-19(16,17)7-8/h1-2,4,8H,3,5-7H2,(H,14,15). The van der Waals surface area contributed by atoms with Crippen LogP contribution in [0.2, 0.25) is 5.02 Å². The number of carbonyl (C=O) groups is 1. The van der Waals surface area contributed by atoms with Gasteiger partial charge in [0.2, 0.25) is 5.91 Å². The highest BCUT2D eigenvalue weighted by atomic mass is 35.5. The number of amides is 1. The lowest BCUT2D eigenvalue weighted by Crippen LogP contribution is -2.36. The van der Waals surface area contributed by atoms with Crippen LogP contribution >= 0.6 is 23.4 Å². The number of aromatic nitrogens is 1. The Kier molecular flexibility index (Phi) is 4.70. The SMILES string of the molecule is O=C(CSc1ncccc1Cl)NC1CCS(=O)(=O)C1. The summed E-state index contributed by atoms with van der Waals surface area (Å²) in [4.78, 5) is 15.8. The third kappa shape index (κ3) is 4.36. The largest absolute Gasteiger partial charge is 0.352 e. The Morgan fingerprint density at radius 2 is 2.37 bits per heavy atom. The Morgan fingerprint density at radius 3 is 3.00 bits per heavy atom. The smallest absolute Gasteiger partial charge is 0.230 e. The van der Waals surface area contributed by atoms with Gasteiger partial charge in [0.15, 0.2) is 9.84 Å². The third-order valence-corrected chi connectivity index (χ3v) is 5.85. The maximum atomic E-state index is 11.7. The first-order valence-corrected chi connectivity index (χ1v) is 8.88. The first kappa shape index (κ1) is 14.6. The van der Waals surface area contributed by atoms with E-state index in [2.05, 4.69) is 10.3 Å². The van der Waals surface area contributed by atoms with Gasteiger partial charge in [0.1, 0.15) is 5.03 Å². The van der Waals surface area contributed by atoms with Crippen molar-refractivity contribution in [3.05, 3.63) is 23.4 Å². The van der Waals surface area contributed by atoms with Crippen LogP contribution in [0.15, 0.2) is 23.4 Å². The molecule has 0 bridgehead atoms. The molecule has 5 nitrogen and oxygen atoms in total. The summed E-state index contributed by atoms with van der Waals surface area (Å²) in [6, 6.07) is 3.16. The summed E-state index contributed by atoms with van der Waals surface area (Å²) in [5, 5.41) is 3.81. The Hall–Kier alpha value is -0.790. The van der Waals surface area contributed by atoms with E-state index in [1.807, 2.05) is 0 Å². The van der Waals surface area contributed by atoms with Crippen molar-refractivity contribution in [3.8, 4) is 0 Å². The molecule has 1 N–H and O–H groups in total. The average molecular weight is 321 g/mol. The summed E-state index contributed by atoms with van der Waals surface area (Å²) < 4.78 is 22.5. The Labute approximate surface area is 121 Å². The van der Waals surface area contributed by atoms with Crippen LogP contribution in [-0.2, 0) is 14.6 Å². The first-order valence-electron chi connectivity index (χ1n) is 5.69. The van der Waals surface area contributed by atoms with Crippen molar-refractivity contribution in [3.63, 3.8) is 0 Å². The zero-order valence-electron chi connectivity index (χ0n) is 10.0. The molecule has 1 aliphatic heterocycles. The van der Waals surface area contributed by atoms with Crippen LogP contribution in [0, 0.1) is 0 Å². The fourth-order valence-electron chi connectivity index (χ4n) is 1.79. The molecule has 1 aromatic heterocycles. The second-order valence-corrected chi connectivity index (χ2v) is 7.85. The van der Waals surface area contributed by atoms with Crippen LogP contribution in [0.1, 0.15) is 6.42 Å². The molecular weight excluding hydrogens is 308 g/mol. The maximum Gasteiger partial charge on any atom is 0.230 e. The number of hydrogen-bond acceptors (Lipinski definition) is 5. The molecule has 1 unspecified atom stereocenters. The van der Waals surface area contributed by atoms with E-state index in [1.165, 1.54) is 11.8 Å². The zero-order valence-corrected chi connectivity index (χ0v) is 12.4. The fourth-order valence-corrected chi connectivity index (χ4v) is 4.44. The number of nitrogens with zero attached hydrogens (tertiary/aromatic N) is 1. The topological polar surface area (TPSA) is 76.1 Å². The van der Waals surface area contributed by atoms with Gasteiger partial charge in [0.25, 0.3) is 0 Å². The maximum absolute atomic E-state index is 11.7. The van der Waals surface area contributed by atoms with E-state index in [4.69, 9.17) is 11.6 Å². The predicted molar refractivity (Wildman–Crippen MR) is 75.2 cm³/mol. The van der Waals surface area contributed by atoms with Crippen LogP contribution in [0.3, 0.4) is 0 Å². The monoisotopic (exact) mass is 320 g/mol. The average Bonchev–Trinajstić information content (AvgIpc) is 2.67. The van der Waals surface area contributed by atoms with Crippen LogP contribution in [0.5, 0.6) is 0 Å². The van der Waals surface area contributed by atoms with Gasteiger partial charge in [-0.05, 0) is 18.6 Å². The van der Waals surface area contributed by atoms with Crippen molar-refractivity contribution in [1.82, 2.24) is 10.3 Å². The Balaban J connectivity index is 1.81. The minimum atomic E-state index is -2.97. The molecule has 0 spiro atoms. The summed E-state index contributed by atoms with van der Waals surface area (Å²) in [5.41, 5.74) is 0. The second kappa shape index (κ2) is 6.11. The summed E-state index contributed by atoms with van der Waals surface area (Å²) in [6.07, 6.45) is 2.10. The van der Waals surface area contributed by atoms with Gasteiger partial charge >= 0.3 is 0 Å². The molecule has 104 valence electrons. The van der Waals surface area contributed by atoms with E-state index in [1.54, 1.807) is 18.3 Å². The molecular formula is C11H13ClN2O3S2. The Morgan fingerprint density at radius 1 is 1.58 bits per heavy atom. The molecule has 8 heteroatoms. The summed E-state index contributed by atoms with van der Waals surface area (Å²) in [6.45, 7) is 0. The number of halogens is 1. The van der Waals surface area contributed by atoms with Crippen molar-refractivity contribution < 1.29 is 13.2 Å². The summed E-state index contributed by atoms with van der Waals surface area (Å²) in [7, 11) is -2.97. The number of pyridine rings is 1. The van der Waals surface area contributed by atoms with Crippen molar-refractivity contribution in [2.24, 2.45) is 0 Å². The number of nitrogens with one attached hydrogen (secondary N) is 1. The van der Waals surface area contributed by atoms with Crippen LogP contribution in [0.4, 0.5) is 0 Å². The summed E-state index contributed by atoms with van der Waals surface area (Å²) in [5.74, 6) is 0.159. The van der Waals surface area contributed by atoms with Gasteiger partial charge in [0.05, 0.1) is 22.3 Å². The Bertz CT molecular complexity index is 577. The summed E-state index contributed by atoms with van der Waals surface area (Å²) >= 11 is 7.15. The molecule has 1 amide bonds. The van der Waals surface area contributed by atoms with Gasteiger partial charge in [-0.25, -0.2) is 13.4 Å². The quantitative estimate of drug-likeness (QED) is 0.842. The zero-order chi connectivity index (χ0) is 13.9. The van der Waals surface area contributed by atoms with Gasteiger partial charge in [-0.3, -0.25) is 4.79 Å². The van der Waals surface area contributed by atoms with Crippen molar-refractivity contribution in [2.45, 2.75) is 17.5 Å². The normalized spacial score (nSPS) is 21.2. The predicted octanol–water partition coefficient (Wildman–Crippen LogP) is 1.13. The minimum absolute atomic E-state index is 0.0355. The number of carbonyl (C=O) groups excluding carboxylic acids is 1. The van der Waals surface area contributed by atoms with Crippen molar-refractivity contribution in [2.75, 3.05) is 17.3 Å². The lowest BCUT2D eigenvalue weighted by molar-refractivity contribution is -0.119. The number of thioether (sulfide) groups is 1. The number of rotatable bonds is 4. The molecule has 1 atom stereocenters. The van der Waals surface area contributed by atoms with Crippen molar-refractivity contribution >= 4 is 39.1 Å². The van der Waals surface area contributed by atoms with E-state index in [0.29, 0.717) is 16.5 Å². The molecule has 0 saturated carbocycles. The third-order valence-electron chi connectivity index (χ3n) is 2.66. The molecule has 0 radical (unpaired) electrons.